The van der Waals surface area contributed by atoms with Gasteiger partial charge in [0.25, 0.3) is 11.5 Å². The van der Waals surface area contributed by atoms with Crippen molar-refractivity contribution in [2.24, 2.45) is 0 Å². The molecule has 1 aliphatic carbocycles. The lowest BCUT2D eigenvalue weighted by molar-refractivity contribution is -0.143. The van der Waals surface area contributed by atoms with Gasteiger partial charge in [-0.05, 0) is 72.7 Å². The Morgan fingerprint density at radius 3 is 2.65 bits per heavy atom. The summed E-state index contributed by atoms with van der Waals surface area (Å²) in [5, 5.41) is 21.8. The number of carbonyl (C=O) groups excluding carboxylic acids is 1. The van der Waals surface area contributed by atoms with Crippen molar-refractivity contribution in [2.45, 2.75) is 51.7 Å². The second kappa shape index (κ2) is 9.53. The second-order valence-corrected chi connectivity index (χ2v) is 9.41. The third kappa shape index (κ3) is 4.69. The molecule has 0 radical (unpaired) electrons. The lowest BCUT2D eigenvalue weighted by atomic mass is 9.88. The molecular formula is C27H26N4O6. The summed E-state index contributed by atoms with van der Waals surface area (Å²) in [5.74, 6) is -2.14. The molecule has 1 amide bonds. The minimum atomic E-state index is -1.22. The number of aromatic nitrogens is 2. The lowest BCUT2D eigenvalue weighted by Crippen LogP contribution is -2.41. The number of nitrogens with one attached hydrogen (secondary N) is 2. The molecule has 2 aliphatic rings. The molecular weight excluding hydrogens is 476 g/mol. The molecule has 0 saturated carbocycles. The fourth-order valence-corrected chi connectivity index (χ4v) is 5.12. The zero-order chi connectivity index (χ0) is 26.3. The van der Waals surface area contributed by atoms with Crippen LogP contribution in [0.1, 0.15) is 51.4 Å². The van der Waals surface area contributed by atoms with Gasteiger partial charge in [0.2, 0.25) is 0 Å². The third-order valence-electron chi connectivity index (χ3n) is 6.91. The first-order valence-corrected chi connectivity index (χ1v) is 12.1. The van der Waals surface area contributed by atoms with Crippen LogP contribution in [-0.2, 0) is 35.5 Å². The summed E-state index contributed by atoms with van der Waals surface area (Å²) in [6, 6.07) is 10.1. The maximum atomic E-state index is 12.8. The van der Waals surface area contributed by atoms with Crippen LogP contribution < -0.4 is 10.9 Å². The molecule has 0 unspecified atom stereocenters. The van der Waals surface area contributed by atoms with E-state index in [1.165, 1.54) is 4.90 Å². The summed E-state index contributed by atoms with van der Waals surface area (Å²) in [6.45, 7) is 2.36. The predicted molar refractivity (Wildman–Crippen MR) is 134 cm³/mol. The average Bonchev–Trinajstić information content (AvgIpc) is 3.17. The van der Waals surface area contributed by atoms with Gasteiger partial charge in [0.05, 0.1) is 11.3 Å². The molecule has 3 aromatic rings. The third-order valence-corrected chi connectivity index (χ3v) is 6.91. The van der Waals surface area contributed by atoms with Crippen LogP contribution in [-0.4, -0.2) is 49.0 Å². The maximum absolute atomic E-state index is 12.8. The smallest absolute Gasteiger partial charge is 0.326 e. The number of aliphatic carboxylic acids is 2. The number of aryl methyl sites for hydroxylation is 3. The minimum absolute atomic E-state index is 0.102. The zero-order valence-corrected chi connectivity index (χ0v) is 20.2. The molecule has 190 valence electrons. The molecule has 1 atom stereocenters. The van der Waals surface area contributed by atoms with Gasteiger partial charge < -0.3 is 25.4 Å². The molecule has 0 spiro atoms. The van der Waals surface area contributed by atoms with E-state index in [9.17, 15) is 24.3 Å². The van der Waals surface area contributed by atoms with Crippen molar-refractivity contribution in [1.82, 2.24) is 14.9 Å². The molecule has 10 nitrogen and oxygen atoms in total. The van der Waals surface area contributed by atoms with Crippen molar-refractivity contribution >= 4 is 23.5 Å². The molecule has 1 aromatic heterocycles. The number of anilines is 1. The van der Waals surface area contributed by atoms with Gasteiger partial charge in [-0.25, -0.2) is 9.78 Å². The van der Waals surface area contributed by atoms with Crippen molar-refractivity contribution in [2.75, 3.05) is 5.32 Å². The van der Waals surface area contributed by atoms with Crippen LogP contribution >= 0.6 is 0 Å². The van der Waals surface area contributed by atoms with Gasteiger partial charge in [0, 0.05) is 30.8 Å². The van der Waals surface area contributed by atoms with E-state index in [1.807, 2.05) is 24.3 Å². The Labute approximate surface area is 212 Å². The Balaban J connectivity index is 1.32. The number of fused-ring (bicyclic) bond motifs is 4. The Morgan fingerprint density at radius 2 is 1.89 bits per heavy atom. The summed E-state index contributed by atoms with van der Waals surface area (Å²) < 4.78 is 0. The van der Waals surface area contributed by atoms with E-state index in [1.54, 1.807) is 19.1 Å². The second-order valence-electron chi connectivity index (χ2n) is 9.41. The summed E-state index contributed by atoms with van der Waals surface area (Å²) in [6.07, 6.45) is 1.06. The van der Waals surface area contributed by atoms with E-state index < -0.39 is 23.9 Å². The van der Waals surface area contributed by atoms with Crippen LogP contribution in [0.3, 0.4) is 0 Å². The first-order chi connectivity index (χ1) is 17.7. The Morgan fingerprint density at radius 1 is 1.08 bits per heavy atom. The van der Waals surface area contributed by atoms with E-state index >= 15 is 0 Å². The molecule has 2 aromatic carbocycles. The van der Waals surface area contributed by atoms with Crippen LogP contribution in [0.4, 0.5) is 5.69 Å². The number of H-pyrrole nitrogens is 1. The molecule has 0 fully saturated rings. The van der Waals surface area contributed by atoms with Gasteiger partial charge in [-0.3, -0.25) is 14.4 Å². The maximum Gasteiger partial charge on any atom is 0.326 e. The Hall–Kier alpha value is -4.47. The normalized spacial score (nSPS) is 14.5. The molecule has 4 N–H and O–H groups in total. The van der Waals surface area contributed by atoms with E-state index in [0.717, 1.165) is 40.9 Å². The van der Waals surface area contributed by atoms with E-state index in [-0.39, 0.29) is 24.9 Å². The highest BCUT2D eigenvalue weighted by atomic mass is 16.4. The van der Waals surface area contributed by atoms with Crippen LogP contribution in [0.15, 0.2) is 41.2 Å². The number of nitrogens with zero attached hydrogens (tertiary/aromatic N) is 2. The summed E-state index contributed by atoms with van der Waals surface area (Å²) in [4.78, 5) is 56.6. The standard InChI is InChI=1S/C27H26N4O6/c1-14-29-21-7-4-16-3-2-15(10-20(16)24(21)25(34)30-14)12-28-18-5-6-19-17(11-18)13-31(26(19)35)22(27(36)37)8-9-23(32)33/h2-3,5-6,10-11,22,28H,4,7-9,12-13H2,1H3,(H,32,33)(H,36,37)(H,29,30,34)/t22-/m1/s1. The first-order valence-electron chi connectivity index (χ1n) is 12.1. The van der Waals surface area contributed by atoms with Crippen molar-refractivity contribution < 1.29 is 24.6 Å². The molecule has 10 heteroatoms. The fraction of sp³-hybridized carbons (Fsp3) is 0.296. The number of rotatable bonds is 8. The summed E-state index contributed by atoms with van der Waals surface area (Å²) in [7, 11) is 0. The van der Waals surface area contributed by atoms with Gasteiger partial charge in [0.1, 0.15) is 11.9 Å². The number of hydrogen-bond acceptors (Lipinski definition) is 6. The van der Waals surface area contributed by atoms with Gasteiger partial charge in [-0.2, -0.15) is 0 Å². The molecule has 0 bridgehead atoms. The van der Waals surface area contributed by atoms with Gasteiger partial charge in [0.15, 0.2) is 0 Å². The zero-order valence-electron chi connectivity index (χ0n) is 20.2. The number of amides is 1. The SMILES string of the molecule is Cc1nc2c(c(=O)[nH]1)-c1cc(CNc3ccc4c(c3)CN([C@H](CCC(=O)O)C(=O)O)C4=O)ccc1CC2. The van der Waals surface area contributed by atoms with Crippen LogP contribution in [0, 0.1) is 6.92 Å². The number of carboxylic acid groups (broad SMARTS) is 2. The molecule has 37 heavy (non-hydrogen) atoms. The lowest BCUT2D eigenvalue weighted by Gasteiger charge is -2.23. The van der Waals surface area contributed by atoms with Crippen LogP contribution in [0.5, 0.6) is 0 Å². The number of carboxylic acids is 2. The Bertz CT molecular complexity index is 1490. The largest absolute Gasteiger partial charge is 0.481 e. The number of hydrogen-bond donors (Lipinski definition) is 4. The van der Waals surface area contributed by atoms with E-state index in [0.29, 0.717) is 29.1 Å². The molecule has 5 rings (SSSR count). The number of benzene rings is 2. The van der Waals surface area contributed by atoms with Crippen LogP contribution in [0.25, 0.3) is 11.1 Å². The van der Waals surface area contributed by atoms with Gasteiger partial charge in [-0.15, -0.1) is 0 Å². The van der Waals surface area contributed by atoms with Crippen molar-refractivity contribution in [3.05, 3.63) is 80.5 Å². The number of carbonyl (C=O) groups is 3. The summed E-state index contributed by atoms with van der Waals surface area (Å²) >= 11 is 0. The van der Waals surface area contributed by atoms with E-state index in [4.69, 9.17) is 5.11 Å². The highest BCUT2D eigenvalue weighted by Gasteiger charge is 2.36. The first kappa shape index (κ1) is 24.2. The predicted octanol–water partition coefficient (Wildman–Crippen LogP) is 2.73. The van der Waals surface area contributed by atoms with E-state index in [2.05, 4.69) is 15.3 Å². The highest BCUT2D eigenvalue weighted by Crippen LogP contribution is 2.32. The Kier molecular flexibility index (Phi) is 6.24. The molecule has 1 aliphatic heterocycles. The van der Waals surface area contributed by atoms with Crippen molar-refractivity contribution in [1.29, 1.82) is 0 Å². The molecule has 0 saturated heterocycles. The van der Waals surface area contributed by atoms with Gasteiger partial charge in [-0.1, -0.05) is 12.1 Å². The number of aromatic amines is 1. The minimum Gasteiger partial charge on any atom is -0.481 e. The monoisotopic (exact) mass is 502 g/mol. The summed E-state index contributed by atoms with van der Waals surface area (Å²) in [5.41, 5.74) is 6.15. The van der Waals surface area contributed by atoms with Crippen LogP contribution in [0.2, 0.25) is 0 Å². The fourth-order valence-electron chi connectivity index (χ4n) is 5.12. The quantitative estimate of drug-likeness (QED) is 0.367. The van der Waals surface area contributed by atoms with Crippen molar-refractivity contribution in [3.8, 4) is 11.1 Å². The highest BCUT2D eigenvalue weighted by molar-refractivity contribution is 6.01. The topological polar surface area (TPSA) is 153 Å². The van der Waals surface area contributed by atoms with Crippen molar-refractivity contribution in [3.63, 3.8) is 0 Å². The average molecular weight is 503 g/mol. The van der Waals surface area contributed by atoms with Gasteiger partial charge >= 0.3 is 11.9 Å². The molecule has 2 heterocycles.